The van der Waals surface area contributed by atoms with Crippen LogP contribution in [0.5, 0.6) is 0 Å². The minimum absolute atomic E-state index is 0.216. The lowest BCUT2D eigenvalue weighted by Crippen LogP contribution is -2.45. The predicted molar refractivity (Wildman–Crippen MR) is 123 cm³/mol. The molecule has 0 bridgehead atoms. The summed E-state index contributed by atoms with van der Waals surface area (Å²) in [6.45, 7) is 2.30. The molecule has 3 aromatic rings. The first-order chi connectivity index (χ1) is 15.4. The van der Waals surface area contributed by atoms with Crippen molar-refractivity contribution < 1.29 is 14.3 Å². The molecule has 0 saturated carbocycles. The van der Waals surface area contributed by atoms with Crippen LogP contribution in [0, 0.1) is 6.92 Å². The molecule has 2 atom stereocenters. The summed E-state index contributed by atoms with van der Waals surface area (Å²) in [6.07, 6.45) is 1.94. The maximum Gasteiger partial charge on any atom is 0.322 e. The number of halogens is 1. The Bertz CT molecular complexity index is 1100. The molecule has 0 spiro atoms. The highest BCUT2D eigenvalue weighted by Crippen LogP contribution is 2.24. The van der Waals surface area contributed by atoms with Crippen molar-refractivity contribution in [1.82, 2.24) is 14.7 Å². The molecule has 1 fully saturated rings. The molecule has 9 heteroatoms. The van der Waals surface area contributed by atoms with Gasteiger partial charge in [0.05, 0.1) is 11.8 Å². The largest absolute Gasteiger partial charge is 0.380 e. The van der Waals surface area contributed by atoms with Crippen LogP contribution in [0.3, 0.4) is 0 Å². The van der Waals surface area contributed by atoms with E-state index in [4.69, 9.17) is 16.3 Å². The lowest BCUT2D eigenvalue weighted by Gasteiger charge is -2.24. The van der Waals surface area contributed by atoms with Gasteiger partial charge < -0.3 is 20.3 Å². The fraction of sp³-hybridized carbons (Fsp3) is 0.261. The first-order valence-corrected chi connectivity index (χ1v) is 10.6. The number of aromatic nitrogens is 2. The average Bonchev–Trinajstić information content (AvgIpc) is 3.42. The molecule has 1 aliphatic heterocycles. The van der Waals surface area contributed by atoms with Gasteiger partial charge >= 0.3 is 6.03 Å². The molecule has 166 valence electrons. The van der Waals surface area contributed by atoms with Gasteiger partial charge in [-0.05, 0) is 61.5 Å². The number of hydrogen-bond donors (Lipinski definition) is 2. The van der Waals surface area contributed by atoms with Gasteiger partial charge in [0.25, 0.3) is 0 Å². The van der Waals surface area contributed by atoms with E-state index in [9.17, 15) is 9.59 Å². The number of anilines is 2. The Labute approximate surface area is 191 Å². The minimum Gasteiger partial charge on any atom is -0.380 e. The van der Waals surface area contributed by atoms with E-state index >= 15 is 0 Å². The number of ether oxygens (including phenoxy) is 1. The van der Waals surface area contributed by atoms with E-state index in [0.29, 0.717) is 29.4 Å². The molecule has 2 heterocycles. The van der Waals surface area contributed by atoms with E-state index in [2.05, 4.69) is 15.7 Å². The summed E-state index contributed by atoms with van der Waals surface area (Å²) in [4.78, 5) is 27.4. The number of hydrogen-bond acceptors (Lipinski definition) is 4. The number of nitrogens with zero attached hydrogens (tertiary/aromatic N) is 3. The number of carbonyl (C=O) groups excluding carboxylic acids is 2. The average molecular weight is 454 g/mol. The Balaban J connectivity index is 1.45. The zero-order valence-electron chi connectivity index (χ0n) is 17.8. The number of aryl methyl sites for hydroxylation is 1. The quantitative estimate of drug-likeness (QED) is 0.609. The van der Waals surface area contributed by atoms with E-state index in [-0.39, 0.29) is 18.0 Å². The Kier molecular flexibility index (Phi) is 6.43. The van der Waals surface area contributed by atoms with E-state index in [0.717, 1.165) is 11.4 Å². The van der Waals surface area contributed by atoms with Gasteiger partial charge in [0.2, 0.25) is 5.91 Å². The van der Waals surface area contributed by atoms with Crippen LogP contribution in [-0.4, -0.2) is 52.4 Å². The van der Waals surface area contributed by atoms with Crippen molar-refractivity contribution in [2.45, 2.75) is 25.5 Å². The molecule has 1 aromatic heterocycles. The topological polar surface area (TPSA) is 88.5 Å². The fourth-order valence-electron chi connectivity index (χ4n) is 3.72. The molecule has 4 rings (SSSR count). The highest BCUT2D eigenvalue weighted by Gasteiger charge is 2.40. The number of carbonyl (C=O) groups is 2. The first kappa shape index (κ1) is 21.9. The van der Waals surface area contributed by atoms with Gasteiger partial charge in [0.1, 0.15) is 6.04 Å². The van der Waals surface area contributed by atoms with Crippen LogP contribution in [0.15, 0.2) is 60.8 Å². The van der Waals surface area contributed by atoms with Gasteiger partial charge in [-0.2, -0.15) is 5.10 Å². The number of likely N-dealkylation sites (tertiary alicyclic amines) is 1. The fourth-order valence-corrected chi connectivity index (χ4v) is 3.85. The molecule has 0 aliphatic carbocycles. The van der Waals surface area contributed by atoms with Gasteiger partial charge in [-0.3, -0.25) is 4.79 Å². The molecular formula is C23H24ClN5O3. The Morgan fingerprint density at radius 3 is 2.31 bits per heavy atom. The van der Waals surface area contributed by atoms with Crippen molar-refractivity contribution in [3.63, 3.8) is 0 Å². The van der Waals surface area contributed by atoms with Crippen molar-refractivity contribution in [2.75, 3.05) is 24.3 Å². The lowest BCUT2D eigenvalue weighted by atomic mass is 10.1. The molecule has 8 nitrogen and oxygen atoms in total. The summed E-state index contributed by atoms with van der Waals surface area (Å²) in [5.41, 5.74) is 3.15. The second-order valence-corrected chi connectivity index (χ2v) is 8.06. The SMILES string of the molecule is CO[C@@H]1C[C@H](C(=O)Nc2ccc(-n3nccc3C)cc2)N(C(=O)Nc2ccc(Cl)cc2)C1. The van der Waals surface area contributed by atoms with E-state index in [1.807, 2.05) is 41.9 Å². The maximum atomic E-state index is 13.0. The van der Waals surface area contributed by atoms with Crippen LogP contribution in [0.25, 0.3) is 5.69 Å². The summed E-state index contributed by atoms with van der Waals surface area (Å²) in [7, 11) is 1.58. The van der Waals surface area contributed by atoms with Crippen molar-refractivity contribution in [1.29, 1.82) is 0 Å². The molecule has 2 aromatic carbocycles. The smallest absolute Gasteiger partial charge is 0.322 e. The predicted octanol–water partition coefficient (Wildman–Crippen LogP) is 4.09. The van der Waals surface area contributed by atoms with Crippen molar-refractivity contribution in [3.8, 4) is 5.69 Å². The number of rotatable bonds is 5. The number of amides is 3. The molecule has 0 unspecified atom stereocenters. The van der Waals surface area contributed by atoms with Crippen LogP contribution >= 0.6 is 11.6 Å². The van der Waals surface area contributed by atoms with Crippen molar-refractivity contribution >= 4 is 34.9 Å². The Hall–Kier alpha value is -3.36. The zero-order valence-corrected chi connectivity index (χ0v) is 18.5. The lowest BCUT2D eigenvalue weighted by molar-refractivity contribution is -0.119. The summed E-state index contributed by atoms with van der Waals surface area (Å²) >= 11 is 5.90. The third-order valence-electron chi connectivity index (χ3n) is 5.47. The highest BCUT2D eigenvalue weighted by molar-refractivity contribution is 6.30. The molecule has 1 aliphatic rings. The molecule has 3 amide bonds. The summed E-state index contributed by atoms with van der Waals surface area (Å²) in [5, 5.41) is 10.6. The number of methoxy groups -OCH3 is 1. The van der Waals surface area contributed by atoms with Crippen LogP contribution in [0.2, 0.25) is 5.02 Å². The summed E-state index contributed by atoms with van der Waals surface area (Å²) in [5.74, 6) is -0.265. The highest BCUT2D eigenvalue weighted by atomic mass is 35.5. The third kappa shape index (κ3) is 4.76. The van der Waals surface area contributed by atoms with Crippen LogP contribution in [0.1, 0.15) is 12.1 Å². The van der Waals surface area contributed by atoms with E-state index in [1.165, 1.54) is 4.90 Å². The van der Waals surface area contributed by atoms with Gasteiger partial charge in [-0.15, -0.1) is 0 Å². The molecule has 0 radical (unpaired) electrons. The van der Waals surface area contributed by atoms with Crippen LogP contribution in [-0.2, 0) is 9.53 Å². The second-order valence-electron chi connectivity index (χ2n) is 7.62. The van der Waals surface area contributed by atoms with Gasteiger partial charge in [-0.25, -0.2) is 9.48 Å². The van der Waals surface area contributed by atoms with Crippen LogP contribution < -0.4 is 10.6 Å². The monoisotopic (exact) mass is 453 g/mol. The van der Waals surface area contributed by atoms with Crippen molar-refractivity contribution in [3.05, 3.63) is 71.5 Å². The standard InChI is InChI=1S/C23H24ClN5O3/c1-15-11-12-25-29(15)19-9-7-17(8-10-19)26-22(30)21-13-20(32-2)14-28(21)23(31)27-18-5-3-16(24)4-6-18/h3-12,20-21H,13-14H2,1-2H3,(H,26,30)(H,27,31)/t20-,21-/m1/s1. The summed E-state index contributed by atoms with van der Waals surface area (Å²) < 4.78 is 7.24. The Morgan fingerprint density at radius 1 is 1.03 bits per heavy atom. The van der Waals surface area contributed by atoms with Gasteiger partial charge in [0, 0.05) is 48.4 Å². The number of urea groups is 1. The van der Waals surface area contributed by atoms with Gasteiger partial charge in [0.15, 0.2) is 0 Å². The van der Waals surface area contributed by atoms with E-state index in [1.54, 1.807) is 37.6 Å². The molecular weight excluding hydrogens is 430 g/mol. The zero-order chi connectivity index (χ0) is 22.7. The van der Waals surface area contributed by atoms with E-state index < -0.39 is 6.04 Å². The first-order valence-electron chi connectivity index (χ1n) is 10.2. The minimum atomic E-state index is -0.653. The third-order valence-corrected chi connectivity index (χ3v) is 5.72. The van der Waals surface area contributed by atoms with Crippen molar-refractivity contribution in [2.24, 2.45) is 0 Å². The molecule has 1 saturated heterocycles. The number of nitrogens with one attached hydrogen (secondary N) is 2. The van der Waals surface area contributed by atoms with Gasteiger partial charge in [-0.1, -0.05) is 11.6 Å². The number of benzene rings is 2. The van der Waals surface area contributed by atoms with Crippen LogP contribution in [0.4, 0.5) is 16.2 Å². The second kappa shape index (κ2) is 9.42. The maximum absolute atomic E-state index is 13.0. The molecule has 32 heavy (non-hydrogen) atoms. The summed E-state index contributed by atoms with van der Waals surface area (Å²) in [6, 6.07) is 15.1. The molecule has 2 N–H and O–H groups in total. The Morgan fingerprint density at radius 2 is 1.69 bits per heavy atom. The normalized spacial score (nSPS) is 17.9.